The van der Waals surface area contributed by atoms with Gasteiger partial charge in [0, 0.05) is 17.0 Å². The molecule has 1 aliphatic rings. The zero-order valence-electron chi connectivity index (χ0n) is 13.4. The number of benzene rings is 1. The van der Waals surface area contributed by atoms with Gasteiger partial charge in [-0.2, -0.15) is 0 Å². The molecule has 0 atom stereocenters. The predicted octanol–water partition coefficient (Wildman–Crippen LogP) is 3.77. The number of esters is 1. The van der Waals surface area contributed by atoms with Crippen molar-refractivity contribution in [1.29, 1.82) is 0 Å². The molecule has 23 heavy (non-hydrogen) atoms. The summed E-state index contributed by atoms with van der Waals surface area (Å²) in [4.78, 5) is 16.0. The van der Waals surface area contributed by atoms with Crippen LogP contribution in [0.2, 0.25) is 0 Å². The second-order valence-electron chi connectivity index (χ2n) is 5.71. The van der Waals surface area contributed by atoms with Crippen molar-refractivity contribution in [1.82, 2.24) is 4.90 Å². The number of nitrogens with two attached hydrogens (primary N) is 1. The molecular weight excluding hydrogens is 308 g/mol. The molecular formula is C18H22N2O2S. The minimum Gasteiger partial charge on any atom is -0.462 e. The molecule has 0 spiro atoms. The number of anilines is 1. The fraction of sp³-hybridized carbons (Fsp3) is 0.389. The highest BCUT2D eigenvalue weighted by Gasteiger charge is 2.26. The summed E-state index contributed by atoms with van der Waals surface area (Å²) in [7, 11) is 0. The molecule has 1 fully saturated rings. The van der Waals surface area contributed by atoms with E-state index in [0.29, 0.717) is 17.2 Å². The highest BCUT2D eigenvalue weighted by atomic mass is 32.1. The fourth-order valence-corrected chi connectivity index (χ4v) is 4.19. The van der Waals surface area contributed by atoms with Crippen LogP contribution in [0.3, 0.4) is 0 Å². The van der Waals surface area contributed by atoms with Gasteiger partial charge < -0.3 is 10.5 Å². The summed E-state index contributed by atoms with van der Waals surface area (Å²) in [5, 5.41) is 0.552. The lowest BCUT2D eigenvalue weighted by Crippen LogP contribution is -2.18. The Morgan fingerprint density at radius 3 is 2.61 bits per heavy atom. The van der Waals surface area contributed by atoms with Gasteiger partial charge in [0.15, 0.2) is 0 Å². The Balaban J connectivity index is 2.04. The van der Waals surface area contributed by atoms with Gasteiger partial charge in [-0.1, -0.05) is 30.3 Å². The van der Waals surface area contributed by atoms with Crippen molar-refractivity contribution >= 4 is 22.3 Å². The maximum atomic E-state index is 12.4. The smallest absolute Gasteiger partial charge is 0.341 e. The van der Waals surface area contributed by atoms with E-state index < -0.39 is 0 Å². The van der Waals surface area contributed by atoms with Crippen molar-refractivity contribution in [2.45, 2.75) is 26.3 Å². The van der Waals surface area contributed by atoms with Crippen LogP contribution in [0.1, 0.15) is 35.0 Å². The molecule has 1 aliphatic heterocycles. The SMILES string of the molecule is CCOC(=O)c1c(N)sc(CN2CCCC2)c1-c1ccccc1. The summed E-state index contributed by atoms with van der Waals surface area (Å²) in [6, 6.07) is 9.99. The van der Waals surface area contributed by atoms with Crippen molar-refractivity contribution in [2.24, 2.45) is 0 Å². The molecule has 1 aromatic carbocycles. The van der Waals surface area contributed by atoms with Crippen LogP contribution in [-0.4, -0.2) is 30.6 Å². The molecule has 2 aromatic rings. The Morgan fingerprint density at radius 2 is 1.96 bits per heavy atom. The van der Waals surface area contributed by atoms with Gasteiger partial charge in [0.05, 0.1) is 6.61 Å². The molecule has 4 nitrogen and oxygen atoms in total. The first-order valence-corrected chi connectivity index (χ1v) is 8.88. The summed E-state index contributed by atoms with van der Waals surface area (Å²) in [6.07, 6.45) is 2.48. The number of likely N-dealkylation sites (tertiary alicyclic amines) is 1. The Kier molecular flexibility index (Phi) is 4.98. The number of ether oxygens (including phenoxy) is 1. The third-order valence-electron chi connectivity index (χ3n) is 4.12. The van der Waals surface area contributed by atoms with Gasteiger partial charge in [0.1, 0.15) is 10.6 Å². The van der Waals surface area contributed by atoms with Gasteiger partial charge in [-0.3, -0.25) is 4.90 Å². The molecule has 0 aliphatic carbocycles. The van der Waals surface area contributed by atoms with Crippen LogP contribution in [0.4, 0.5) is 5.00 Å². The minimum atomic E-state index is -0.326. The number of nitrogens with zero attached hydrogens (tertiary/aromatic N) is 1. The molecule has 0 unspecified atom stereocenters. The van der Waals surface area contributed by atoms with Crippen LogP contribution in [0.25, 0.3) is 11.1 Å². The van der Waals surface area contributed by atoms with E-state index >= 15 is 0 Å². The summed E-state index contributed by atoms with van der Waals surface area (Å²) in [5.74, 6) is -0.326. The summed E-state index contributed by atoms with van der Waals surface area (Å²) < 4.78 is 5.23. The zero-order chi connectivity index (χ0) is 16.2. The number of rotatable bonds is 5. The average molecular weight is 330 g/mol. The normalized spacial score (nSPS) is 15.0. The van der Waals surface area contributed by atoms with Crippen LogP contribution in [0.5, 0.6) is 0 Å². The van der Waals surface area contributed by atoms with E-state index in [1.807, 2.05) is 37.3 Å². The van der Waals surface area contributed by atoms with Gasteiger partial charge in [-0.25, -0.2) is 4.79 Å². The molecule has 2 N–H and O–H groups in total. The van der Waals surface area contributed by atoms with Crippen LogP contribution < -0.4 is 5.73 Å². The monoisotopic (exact) mass is 330 g/mol. The van der Waals surface area contributed by atoms with E-state index in [9.17, 15) is 4.79 Å². The first-order valence-electron chi connectivity index (χ1n) is 8.06. The number of thiophene rings is 1. The second kappa shape index (κ2) is 7.15. The first kappa shape index (κ1) is 16.0. The van der Waals surface area contributed by atoms with Crippen LogP contribution in [0.15, 0.2) is 30.3 Å². The Hall–Kier alpha value is -1.85. The number of hydrogen-bond donors (Lipinski definition) is 1. The average Bonchev–Trinajstić information content (AvgIpc) is 3.16. The third kappa shape index (κ3) is 3.41. The van der Waals surface area contributed by atoms with Crippen molar-refractivity contribution in [2.75, 3.05) is 25.4 Å². The maximum Gasteiger partial charge on any atom is 0.341 e. The summed E-state index contributed by atoms with van der Waals surface area (Å²) >= 11 is 1.51. The molecule has 122 valence electrons. The molecule has 5 heteroatoms. The van der Waals surface area contributed by atoms with E-state index in [1.165, 1.54) is 24.2 Å². The van der Waals surface area contributed by atoms with Crippen LogP contribution in [-0.2, 0) is 11.3 Å². The molecule has 0 radical (unpaired) electrons. The van der Waals surface area contributed by atoms with Crippen molar-refractivity contribution in [3.63, 3.8) is 0 Å². The van der Waals surface area contributed by atoms with Gasteiger partial charge in [-0.05, 0) is 38.4 Å². The molecule has 1 saturated heterocycles. The van der Waals surface area contributed by atoms with Crippen molar-refractivity contribution in [3.8, 4) is 11.1 Å². The number of carbonyl (C=O) groups is 1. The highest BCUT2D eigenvalue weighted by Crippen LogP contribution is 2.40. The number of carbonyl (C=O) groups excluding carboxylic acids is 1. The first-order chi connectivity index (χ1) is 11.2. The van der Waals surface area contributed by atoms with Crippen molar-refractivity contribution in [3.05, 3.63) is 40.8 Å². The van der Waals surface area contributed by atoms with E-state index in [2.05, 4.69) is 4.90 Å². The lowest BCUT2D eigenvalue weighted by atomic mass is 10.0. The molecule has 1 aromatic heterocycles. The Labute approximate surface area is 140 Å². The number of hydrogen-bond acceptors (Lipinski definition) is 5. The summed E-state index contributed by atoms with van der Waals surface area (Å²) in [6.45, 7) is 5.23. The van der Waals surface area contributed by atoms with Gasteiger partial charge in [-0.15, -0.1) is 11.3 Å². The van der Waals surface area contributed by atoms with E-state index in [0.717, 1.165) is 35.6 Å². The van der Waals surface area contributed by atoms with E-state index in [4.69, 9.17) is 10.5 Å². The van der Waals surface area contributed by atoms with Crippen LogP contribution in [0, 0.1) is 0 Å². The van der Waals surface area contributed by atoms with Crippen LogP contribution >= 0.6 is 11.3 Å². The Bertz CT molecular complexity index is 676. The second-order valence-corrected chi connectivity index (χ2v) is 6.85. The fourth-order valence-electron chi connectivity index (χ4n) is 3.07. The largest absolute Gasteiger partial charge is 0.462 e. The molecule has 3 rings (SSSR count). The minimum absolute atomic E-state index is 0.326. The molecule has 2 heterocycles. The molecule has 0 bridgehead atoms. The lowest BCUT2D eigenvalue weighted by molar-refractivity contribution is 0.0529. The van der Waals surface area contributed by atoms with Gasteiger partial charge in [0.2, 0.25) is 0 Å². The predicted molar refractivity (Wildman–Crippen MR) is 94.6 cm³/mol. The summed E-state index contributed by atoms with van der Waals surface area (Å²) in [5.41, 5.74) is 8.68. The van der Waals surface area contributed by atoms with Gasteiger partial charge >= 0.3 is 5.97 Å². The van der Waals surface area contributed by atoms with Gasteiger partial charge in [0.25, 0.3) is 0 Å². The zero-order valence-corrected chi connectivity index (χ0v) is 14.2. The van der Waals surface area contributed by atoms with E-state index in [-0.39, 0.29) is 5.97 Å². The lowest BCUT2D eigenvalue weighted by Gasteiger charge is -2.15. The number of nitrogen functional groups attached to an aromatic ring is 1. The quantitative estimate of drug-likeness (QED) is 0.848. The molecule has 0 saturated carbocycles. The third-order valence-corrected chi connectivity index (χ3v) is 5.12. The Morgan fingerprint density at radius 1 is 1.26 bits per heavy atom. The van der Waals surface area contributed by atoms with Crippen molar-refractivity contribution < 1.29 is 9.53 Å². The molecule has 0 amide bonds. The maximum absolute atomic E-state index is 12.4. The standard InChI is InChI=1S/C18H22N2O2S/c1-2-22-18(21)16-15(13-8-4-3-5-9-13)14(23-17(16)19)12-20-10-6-7-11-20/h3-5,8-9H,2,6-7,10-12,19H2,1H3. The topological polar surface area (TPSA) is 55.6 Å². The van der Waals surface area contributed by atoms with E-state index in [1.54, 1.807) is 0 Å². The highest BCUT2D eigenvalue weighted by molar-refractivity contribution is 7.17.